The van der Waals surface area contributed by atoms with E-state index >= 15 is 0 Å². The Morgan fingerprint density at radius 3 is 3.00 bits per heavy atom. The van der Waals surface area contributed by atoms with Crippen molar-refractivity contribution in [3.63, 3.8) is 0 Å². The zero-order valence-electron chi connectivity index (χ0n) is 11.4. The fourth-order valence-corrected chi connectivity index (χ4v) is 2.59. The van der Waals surface area contributed by atoms with E-state index in [1.807, 2.05) is 23.6 Å². The SMILES string of the molecule is CCCCCNC(=S)Nc1nccc(-c2cccs2)n1. The second-order valence-electron chi connectivity index (χ2n) is 4.33. The summed E-state index contributed by atoms with van der Waals surface area (Å²) >= 11 is 6.89. The standard InChI is InChI=1S/C14H18N4S2/c1-2-3-4-8-16-14(19)18-13-15-9-7-11(17-13)12-6-5-10-20-12/h5-7,9-10H,2-4,8H2,1H3,(H2,15,16,17,18,19). The number of rotatable bonds is 6. The number of thiophene rings is 1. The molecule has 2 N–H and O–H groups in total. The summed E-state index contributed by atoms with van der Waals surface area (Å²) in [5, 5.41) is 8.79. The van der Waals surface area contributed by atoms with Gasteiger partial charge in [0.05, 0.1) is 10.6 Å². The first-order valence-electron chi connectivity index (χ1n) is 6.71. The van der Waals surface area contributed by atoms with Gasteiger partial charge in [-0.3, -0.25) is 0 Å². The van der Waals surface area contributed by atoms with E-state index in [0.717, 1.165) is 23.5 Å². The number of nitrogens with zero attached hydrogens (tertiary/aromatic N) is 2. The van der Waals surface area contributed by atoms with Crippen LogP contribution >= 0.6 is 23.6 Å². The number of anilines is 1. The van der Waals surface area contributed by atoms with Gasteiger partial charge >= 0.3 is 0 Å². The third kappa shape index (κ3) is 4.54. The maximum absolute atomic E-state index is 5.23. The maximum atomic E-state index is 5.23. The number of hydrogen-bond donors (Lipinski definition) is 2. The molecule has 0 amide bonds. The summed E-state index contributed by atoms with van der Waals surface area (Å²) in [6, 6.07) is 5.95. The molecule has 0 aliphatic heterocycles. The molecule has 106 valence electrons. The Morgan fingerprint density at radius 2 is 2.25 bits per heavy atom. The van der Waals surface area contributed by atoms with Gasteiger partial charge in [0.2, 0.25) is 5.95 Å². The van der Waals surface area contributed by atoms with Crippen LogP contribution in [0.1, 0.15) is 26.2 Å². The predicted molar refractivity (Wildman–Crippen MR) is 89.1 cm³/mol. The van der Waals surface area contributed by atoms with E-state index in [9.17, 15) is 0 Å². The first kappa shape index (κ1) is 14.9. The first-order chi connectivity index (χ1) is 9.79. The number of thiocarbonyl (C=S) groups is 1. The van der Waals surface area contributed by atoms with E-state index in [1.165, 1.54) is 12.8 Å². The maximum Gasteiger partial charge on any atom is 0.229 e. The molecular weight excluding hydrogens is 288 g/mol. The lowest BCUT2D eigenvalue weighted by Crippen LogP contribution is -2.30. The molecule has 0 aliphatic carbocycles. The Morgan fingerprint density at radius 1 is 1.35 bits per heavy atom. The highest BCUT2D eigenvalue weighted by atomic mass is 32.1. The molecule has 0 radical (unpaired) electrons. The molecule has 0 bridgehead atoms. The molecule has 20 heavy (non-hydrogen) atoms. The molecule has 0 atom stereocenters. The molecule has 0 aromatic carbocycles. The van der Waals surface area contributed by atoms with Gasteiger partial charge in [-0.2, -0.15) is 0 Å². The van der Waals surface area contributed by atoms with Gasteiger partial charge in [-0.05, 0) is 36.2 Å². The van der Waals surface area contributed by atoms with Crippen molar-refractivity contribution in [2.24, 2.45) is 0 Å². The highest BCUT2D eigenvalue weighted by Gasteiger charge is 2.04. The van der Waals surface area contributed by atoms with Crippen molar-refractivity contribution in [2.45, 2.75) is 26.2 Å². The molecule has 2 rings (SSSR count). The lowest BCUT2D eigenvalue weighted by atomic mass is 10.2. The first-order valence-corrected chi connectivity index (χ1v) is 8.00. The van der Waals surface area contributed by atoms with Crippen molar-refractivity contribution in [1.82, 2.24) is 15.3 Å². The van der Waals surface area contributed by atoms with Crippen molar-refractivity contribution in [3.05, 3.63) is 29.8 Å². The van der Waals surface area contributed by atoms with Crippen LogP contribution in [0.15, 0.2) is 29.8 Å². The van der Waals surface area contributed by atoms with Crippen LogP contribution in [0.2, 0.25) is 0 Å². The Kier molecular flexibility index (Phi) is 5.88. The summed E-state index contributed by atoms with van der Waals surface area (Å²) in [6.45, 7) is 3.06. The molecule has 0 saturated heterocycles. The third-order valence-corrected chi connectivity index (χ3v) is 3.86. The molecule has 0 aliphatic rings. The minimum atomic E-state index is 0.531. The van der Waals surface area contributed by atoms with Crippen LogP contribution in [0.25, 0.3) is 10.6 Å². The zero-order chi connectivity index (χ0) is 14.2. The van der Waals surface area contributed by atoms with Crippen molar-refractivity contribution < 1.29 is 0 Å². The van der Waals surface area contributed by atoms with E-state index in [-0.39, 0.29) is 0 Å². The predicted octanol–water partition coefficient (Wildman–Crippen LogP) is 3.68. The zero-order valence-corrected chi connectivity index (χ0v) is 13.1. The smallest absolute Gasteiger partial charge is 0.229 e. The highest BCUT2D eigenvalue weighted by Crippen LogP contribution is 2.22. The van der Waals surface area contributed by atoms with Crippen LogP contribution in [0.4, 0.5) is 5.95 Å². The summed E-state index contributed by atoms with van der Waals surface area (Å²) in [7, 11) is 0. The lowest BCUT2D eigenvalue weighted by molar-refractivity contribution is 0.697. The normalized spacial score (nSPS) is 10.2. The largest absolute Gasteiger partial charge is 0.362 e. The van der Waals surface area contributed by atoms with Crippen LogP contribution in [0.5, 0.6) is 0 Å². The van der Waals surface area contributed by atoms with Gasteiger partial charge < -0.3 is 10.6 Å². The van der Waals surface area contributed by atoms with Gasteiger partial charge in [0.1, 0.15) is 0 Å². The van der Waals surface area contributed by atoms with Crippen molar-refractivity contribution in [2.75, 3.05) is 11.9 Å². The lowest BCUT2D eigenvalue weighted by Gasteiger charge is -2.09. The van der Waals surface area contributed by atoms with Gasteiger partial charge in [0, 0.05) is 12.7 Å². The summed E-state index contributed by atoms with van der Waals surface area (Å²) < 4.78 is 0. The van der Waals surface area contributed by atoms with Crippen molar-refractivity contribution in [3.8, 4) is 10.6 Å². The van der Waals surface area contributed by atoms with Crippen LogP contribution in [0, 0.1) is 0 Å². The second kappa shape index (κ2) is 7.91. The van der Waals surface area contributed by atoms with Crippen molar-refractivity contribution in [1.29, 1.82) is 0 Å². The number of unbranched alkanes of at least 4 members (excludes halogenated alkanes) is 2. The quantitative estimate of drug-likeness (QED) is 0.630. The molecule has 2 aromatic heterocycles. The summed E-state index contributed by atoms with van der Waals surface area (Å²) in [5.41, 5.74) is 0.909. The molecule has 0 saturated carbocycles. The molecule has 0 fully saturated rings. The summed E-state index contributed by atoms with van der Waals surface area (Å²) in [4.78, 5) is 9.77. The fraction of sp³-hybridized carbons (Fsp3) is 0.357. The van der Waals surface area contributed by atoms with E-state index in [0.29, 0.717) is 11.1 Å². The van der Waals surface area contributed by atoms with Crippen LogP contribution in [-0.4, -0.2) is 21.6 Å². The van der Waals surface area contributed by atoms with Crippen LogP contribution < -0.4 is 10.6 Å². The fourth-order valence-electron chi connectivity index (χ4n) is 1.70. The minimum absolute atomic E-state index is 0.531. The Balaban J connectivity index is 1.90. The molecule has 6 heteroatoms. The topological polar surface area (TPSA) is 49.8 Å². The molecular formula is C14H18N4S2. The molecule has 2 heterocycles. The number of aromatic nitrogens is 2. The van der Waals surface area contributed by atoms with E-state index in [4.69, 9.17) is 12.2 Å². The number of nitrogens with one attached hydrogen (secondary N) is 2. The second-order valence-corrected chi connectivity index (χ2v) is 5.69. The average molecular weight is 306 g/mol. The molecule has 4 nitrogen and oxygen atoms in total. The summed E-state index contributed by atoms with van der Waals surface area (Å²) in [6.07, 6.45) is 5.27. The Hall–Kier alpha value is -1.53. The number of hydrogen-bond acceptors (Lipinski definition) is 4. The van der Waals surface area contributed by atoms with Gasteiger partial charge in [-0.1, -0.05) is 25.8 Å². The Labute approximate surface area is 128 Å². The minimum Gasteiger partial charge on any atom is -0.362 e. The van der Waals surface area contributed by atoms with Gasteiger partial charge in [-0.15, -0.1) is 11.3 Å². The Bertz CT molecular complexity index is 540. The van der Waals surface area contributed by atoms with Gasteiger partial charge in [0.15, 0.2) is 5.11 Å². The van der Waals surface area contributed by atoms with Crippen molar-refractivity contribution >= 4 is 34.6 Å². The van der Waals surface area contributed by atoms with E-state index in [2.05, 4.69) is 27.5 Å². The van der Waals surface area contributed by atoms with Crippen LogP contribution in [-0.2, 0) is 0 Å². The average Bonchev–Trinajstić information content (AvgIpc) is 2.98. The molecule has 0 spiro atoms. The highest BCUT2D eigenvalue weighted by molar-refractivity contribution is 7.80. The monoisotopic (exact) mass is 306 g/mol. The van der Waals surface area contributed by atoms with Gasteiger partial charge in [0.25, 0.3) is 0 Å². The van der Waals surface area contributed by atoms with Gasteiger partial charge in [-0.25, -0.2) is 9.97 Å². The third-order valence-electron chi connectivity index (χ3n) is 2.72. The van der Waals surface area contributed by atoms with E-state index in [1.54, 1.807) is 17.5 Å². The van der Waals surface area contributed by atoms with E-state index < -0.39 is 0 Å². The summed E-state index contributed by atoms with van der Waals surface area (Å²) in [5.74, 6) is 0.531. The van der Waals surface area contributed by atoms with Crippen LogP contribution in [0.3, 0.4) is 0 Å². The molecule has 2 aromatic rings. The molecule has 0 unspecified atom stereocenters.